The Labute approximate surface area is 139 Å². The first-order valence-electron chi connectivity index (χ1n) is 8.20. The second-order valence-electron chi connectivity index (χ2n) is 6.33. The Bertz CT molecular complexity index is 863. The fraction of sp³-hybridized carbons (Fsp3) is 0.263. The molecule has 3 aromatic rings. The van der Waals surface area contributed by atoms with E-state index in [4.69, 9.17) is 0 Å². The number of imidazole rings is 1. The molecular formula is C19H18FN3O. The number of amides is 1. The molecular weight excluding hydrogens is 305 g/mol. The average molecular weight is 323 g/mol. The molecule has 1 aliphatic rings. The number of carbonyl (C=O) groups is 1. The van der Waals surface area contributed by atoms with E-state index in [0.717, 1.165) is 23.9 Å². The molecule has 0 atom stereocenters. The number of rotatable bonds is 3. The largest absolute Gasteiger partial charge is 0.324 e. The monoisotopic (exact) mass is 323 g/mol. The molecule has 5 heteroatoms. The fourth-order valence-corrected chi connectivity index (χ4v) is 3.69. The first kappa shape index (κ1) is 14.9. The normalized spacial score (nSPS) is 16.4. The molecule has 4 nitrogen and oxygen atoms in total. The van der Waals surface area contributed by atoms with Gasteiger partial charge in [-0.1, -0.05) is 43.2 Å². The first-order chi connectivity index (χ1) is 11.7. The van der Waals surface area contributed by atoms with E-state index in [0.29, 0.717) is 24.4 Å². The highest BCUT2D eigenvalue weighted by molar-refractivity contribution is 5.99. The van der Waals surface area contributed by atoms with Gasteiger partial charge in [0.05, 0.1) is 16.4 Å². The van der Waals surface area contributed by atoms with Crippen LogP contribution in [0.15, 0.2) is 48.5 Å². The predicted molar refractivity (Wildman–Crippen MR) is 91.3 cm³/mol. The highest BCUT2D eigenvalue weighted by atomic mass is 19.1. The van der Waals surface area contributed by atoms with Crippen molar-refractivity contribution in [1.29, 1.82) is 0 Å². The number of anilines is 1. The predicted octanol–water partition coefficient (Wildman–Crippen LogP) is 4.15. The van der Waals surface area contributed by atoms with Crippen LogP contribution >= 0.6 is 0 Å². The van der Waals surface area contributed by atoms with Crippen LogP contribution in [0, 0.1) is 5.82 Å². The van der Waals surface area contributed by atoms with Crippen LogP contribution in [0.5, 0.6) is 0 Å². The molecule has 0 radical (unpaired) electrons. The maximum Gasteiger partial charge on any atom is 0.237 e. The molecule has 0 unspecified atom stereocenters. The van der Waals surface area contributed by atoms with Crippen molar-refractivity contribution in [2.75, 3.05) is 5.32 Å². The average Bonchev–Trinajstić information content (AvgIpc) is 3.22. The van der Waals surface area contributed by atoms with E-state index in [2.05, 4.69) is 15.3 Å². The zero-order valence-corrected chi connectivity index (χ0v) is 13.2. The maximum absolute atomic E-state index is 14.3. The molecule has 1 aliphatic carbocycles. The highest BCUT2D eigenvalue weighted by Gasteiger charge is 2.44. The van der Waals surface area contributed by atoms with Gasteiger partial charge in [-0.15, -0.1) is 0 Å². The number of H-pyrrole nitrogens is 1. The summed E-state index contributed by atoms with van der Waals surface area (Å²) in [7, 11) is 0. The second-order valence-corrected chi connectivity index (χ2v) is 6.33. The van der Waals surface area contributed by atoms with Gasteiger partial charge in [0.15, 0.2) is 0 Å². The van der Waals surface area contributed by atoms with Crippen LogP contribution in [0.3, 0.4) is 0 Å². The molecule has 1 aromatic heterocycles. The van der Waals surface area contributed by atoms with Gasteiger partial charge in [0.25, 0.3) is 0 Å². The number of carbonyl (C=O) groups excluding carboxylic acids is 1. The van der Waals surface area contributed by atoms with Crippen LogP contribution < -0.4 is 5.32 Å². The summed E-state index contributed by atoms with van der Waals surface area (Å²) < 4.78 is 14.3. The number of hydrogen-bond acceptors (Lipinski definition) is 2. The first-order valence-corrected chi connectivity index (χ1v) is 8.20. The fourth-order valence-electron chi connectivity index (χ4n) is 3.69. The molecule has 4 rings (SSSR count). The Morgan fingerprint density at radius 3 is 2.54 bits per heavy atom. The van der Waals surface area contributed by atoms with Gasteiger partial charge in [-0.3, -0.25) is 10.1 Å². The molecule has 24 heavy (non-hydrogen) atoms. The summed E-state index contributed by atoms with van der Waals surface area (Å²) in [4.78, 5) is 20.5. The van der Waals surface area contributed by atoms with Gasteiger partial charge in [-0.2, -0.15) is 0 Å². The number of hydrogen-bond donors (Lipinski definition) is 2. The van der Waals surface area contributed by atoms with Crippen molar-refractivity contribution in [1.82, 2.24) is 9.97 Å². The van der Waals surface area contributed by atoms with Gasteiger partial charge in [0, 0.05) is 5.56 Å². The zero-order valence-electron chi connectivity index (χ0n) is 13.2. The van der Waals surface area contributed by atoms with E-state index < -0.39 is 5.41 Å². The maximum atomic E-state index is 14.3. The number of nitrogens with zero attached hydrogens (tertiary/aromatic N) is 1. The van der Waals surface area contributed by atoms with Gasteiger partial charge < -0.3 is 4.98 Å². The van der Waals surface area contributed by atoms with Crippen LogP contribution in [0.2, 0.25) is 0 Å². The Hall–Kier alpha value is -2.69. The molecule has 1 fully saturated rings. The lowest BCUT2D eigenvalue weighted by molar-refractivity contribution is -0.121. The number of aromatic nitrogens is 2. The third-order valence-corrected chi connectivity index (χ3v) is 4.90. The molecule has 0 spiro atoms. The summed E-state index contributed by atoms with van der Waals surface area (Å²) >= 11 is 0. The van der Waals surface area contributed by atoms with Crippen molar-refractivity contribution in [3.05, 3.63) is 59.9 Å². The van der Waals surface area contributed by atoms with E-state index in [1.807, 2.05) is 24.3 Å². The Morgan fingerprint density at radius 2 is 1.79 bits per heavy atom. The van der Waals surface area contributed by atoms with Gasteiger partial charge in [0.2, 0.25) is 11.9 Å². The number of fused-ring (bicyclic) bond motifs is 1. The Kier molecular flexibility index (Phi) is 3.56. The summed E-state index contributed by atoms with van der Waals surface area (Å²) in [6.45, 7) is 0. The van der Waals surface area contributed by atoms with Crippen molar-refractivity contribution in [2.24, 2.45) is 0 Å². The molecule has 0 bridgehead atoms. The van der Waals surface area contributed by atoms with Crippen LogP contribution in [-0.2, 0) is 10.2 Å². The van der Waals surface area contributed by atoms with Crippen molar-refractivity contribution < 1.29 is 9.18 Å². The number of para-hydroxylation sites is 2. The minimum absolute atomic E-state index is 0.191. The molecule has 1 heterocycles. The van der Waals surface area contributed by atoms with Crippen LogP contribution in [0.25, 0.3) is 11.0 Å². The van der Waals surface area contributed by atoms with E-state index in [1.165, 1.54) is 6.07 Å². The molecule has 2 aromatic carbocycles. The highest BCUT2D eigenvalue weighted by Crippen LogP contribution is 2.43. The summed E-state index contributed by atoms with van der Waals surface area (Å²) in [6, 6.07) is 14.2. The molecule has 1 amide bonds. The third kappa shape index (κ3) is 2.37. The van der Waals surface area contributed by atoms with E-state index in [-0.39, 0.29) is 11.7 Å². The lowest BCUT2D eigenvalue weighted by Crippen LogP contribution is -2.39. The van der Waals surface area contributed by atoms with Gasteiger partial charge in [-0.05, 0) is 31.0 Å². The lowest BCUT2D eigenvalue weighted by Gasteiger charge is -2.28. The van der Waals surface area contributed by atoms with Crippen molar-refractivity contribution in [3.8, 4) is 0 Å². The topological polar surface area (TPSA) is 57.8 Å². The zero-order chi connectivity index (χ0) is 16.6. The molecule has 122 valence electrons. The number of aromatic amines is 1. The Balaban J connectivity index is 1.69. The van der Waals surface area contributed by atoms with Crippen molar-refractivity contribution in [3.63, 3.8) is 0 Å². The standard InChI is InChI=1S/C19H18FN3O/c20-14-8-2-1-7-13(14)19(11-5-6-12-19)17(24)23-18-21-15-9-3-4-10-16(15)22-18/h1-4,7-10H,5-6,11-12H2,(H2,21,22,23,24). The summed E-state index contributed by atoms with van der Waals surface area (Å²) in [5.74, 6) is -0.105. The van der Waals surface area contributed by atoms with E-state index >= 15 is 0 Å². The van der Waals surface area contributed by atoms with E-state index in [9.17, 15) is 9.18 Å². The minimum atomic E-state index is -0.815. The van der Waals surface area contributed by atoms with Gasteiger partial charge in [0.1, 0.15) is 5.82 Å². The number of halogens is 1. The van der Waals surface area contributed by atoms with Crippen molar-refractivity contribution in [2.45, 2.75) is 31.1 Å². The van der Waals surface area contributed by atoms with Crippen molar-refractivity contribution >= 4 is 22.9 Å². The summed E-state index contributed by atoms with van der Waals surface area (Å²) in [5, 5.41) is 2.87. The van der Waals surface area contributed by atoms with Gasteiger partial charge >= 0.3 is 0 Å². The molecule has 2 N–H and O–H groups in total. The third-order valence-electron chi connectivity index (χ3n) is 4.90. The number of benzene rings is 2. The molecule has 0 aliphatic heterocycles. The van der Waals surface area contributed by atoms with Gasteiger partial charge in [-0.25, -0.2) is 9.37 Å². The number of nitrogens with one attached hydrogen (secondary N) is 2. The molecule has 1 saturated carbocycles. The second kappa shape index (κ2) is 5.74. The SMILES string of the molecule is O=C(Nc1nc2ccccc2[nH]1)C1(c2ccccc2F)CCCC1. The molecule has 0 saturated heterocycles. The quantitative estimate of drug-likeness (QED) is 0.760. The summed E-state index contributed by atoms with van der Waals surface area (Å²) in [5.41, 5.74) is 1.32. The summed E-state index contributed by atoms with van der Waals surface area (Å²) in [6.07, 6.45) is 3.14. The smallest absolute Gasteiger partial charge is 0.237 e. The minimum Gasteiger partial charge on any atom is -0.324 e. The van der Waals surface area contributed by atoms with E-state index in [1.54, 1.807) is 18.2 Å². The Morgan fingerprint density at radius 1 is 1.08 bits per heavy atom. The van der Waals surface area contributed by atoms with Crippen LogP contribution in [0.1, 0.15) is 31.2 Å². The van der Waals surface area contributed by atoms with Crippen LogP contribution in [-0.4, -0.2) is 15.9 Å². The van der Waals surface area contributed by atoms with Crippen LogP contribution in [0.4, 0.5) is 10.3 Å². The lowest BCUT2D eigenvalue weighted by atomic mass is 9.77.